The van der Waals surface area contributed by atoms with Crippen molar-refractivity contribution in [1.29, 1.82) is 0 Å². The molecule has 17 heavy (non-hydrogen) atoms. The molecule has 0 bridgehead atoms. The summed E-state index contributed by atoms with van der Waals surface area (Å²) in [5.74, 6) is -0.878. The molecule has 100 valence electrons. The summed E-state index contributed by atoms with van der Waals surface area (Å²) in [6.45, 7) is 5.93. The van der Waals surface area contributed by atoms with E-state index in [-0.39, 0.29) is 24.8 Å². The van der Waals surface area contributed by atoms with Crippen LogP contribution in [0.4, 0.5) is 13.2 Å². The van der Waals surface area contributed by atoms with Crippen LogP contribution in [-0.4, -0.2) is 12.2 Å². The Kier molecular flexibility index (Phi) is 5.04. The van der Waals surface area contributed by atoms with Crippen molar-refractivity contribution in [3.63, 3.8) is 0 Å². The molecule has 0 spiro atoms. The summed E-state index contributed by atoms with van der Waals surface area (Å²) in [6, 6.07) is -0.0170. The molecular weight excluding hydrogens is 227 g/mol. The summed E-state index contributed by atoms with van der Waals surface area (Å²) in [6.07, 6.45) is -0.711. The van der Waals surface area contributed by atoms with Crippen molar-refractivity contribution in [3.05, 3.63) is 12.2 Å². The molecule has 1 fully saturated rings. The van der Waals surface area contributed by atoms with Crippen molar-refractivity contribution in [2.75, 3.05) is 0 Å². The van der Waals surface area contributed by atoms with Crippen LogP contribution in [-0.2, 0) is 0 Å². The number of rotatable bonds is 4. The fourth-order valence-electron chi connectivity index (χ4n) is 2.52. The third-order valence-corrected chi connectivity index (χ3v) is 3.86. The molecule has 1 aliphatic rings. The molecule has 0 amide bonds. The van der Waals surface area contributed by atoms with E-state index < -0.39 is 12.1 Å². The monoisotopic (exact) mass is 249 g/mol. The standard InChI is InChI=1S/C13H22F3N/c1-3-9(2)8-12(17)10-4-6-11(7-5-10)13(14,15)16/h10-12H,2-8,17H2,1H3. The molecule has 1 unspecified atom stereocenters. The van der Waals surface area contributed by atoms with Crippen LogP contribution >= 0.6 is 0 Å². The van der Waals surface area contributed by atoms with E-state index in [0.29, 0.717) is 12.8 Å². The molecule has 1 aliphatic carbocycles. The van der Waals surface area contributed by atoms with Gasteiger partial charge in [0.25, 0.3) is 0 Å². The number of halogens is 3. The molecular formula is C13H22F3N. The van der Waals surface area contributed by atoms with Crippen LogP contribution < -0.4 is 5.73 Å². The van der Waals surface area contributed by atoms with Crippen LogP contribution in [0.3, 0.4) is 0 Å². The molecule has 0 aromatic rings. The van der Waals surface area contributed by atoms with Gasteiger partial charge in [0.1, 0.15) is 0 Å². The highest BCUT2D eigenvalue weighted by Crippen LogP contribution is 2.40. The van der Waals surface area contributed by atoms with Gasteiger partial charge < -0.3 is 5.73 Å². The van der Waals surface area contributed by atoms with Gasteiger partial charge >= 0.3 is 6.18 Å². The molecule has 0 aliphatic heterocycles. The second-order valence-corrected chi connectivity index (χ2v) is 5.12. The molecule has 2 N–H and O–H groups in total. The maximum Gasteiger partial charge on any atom is 0.391 e. The van der Waals surface area contributed by atoms with Crippen LogP contribution in [0.2, 0.25) is 0 Å². The lowest BCUT2D eigenvalue weighted by atomic mass is 9.77. The van der Waals surface area contributed by atoms with Crippen LogP contribution in [0.5, 0.6) is 0 Å². The van der Waals surface area contributed by atoms with Crippen LogP contribution in [0.15, 0.2) is 12.2 Å². The maximum absolute atomic E-state index is 12.5. The number of alkyl halides is 3. The van der Waals surface area contributed by atoms with E-state index >= 15 is 0 Å². The van der Waals surface area contributed by atoms with Crippen molar-refractivity contribution in [2.45, 2.75) is 57.7 Å². The highest BCUT2D eigenvalue weighted by molar-refractivity contribution is 4.98. The summed E-state index contributed by atoms with van der Waals surface area (Å²) < 4.78 is 37.5. The van der Waals surface area contributed by atoms with E-state index in [0.717, 1.165) is 18.4 Å². The van der Waals surface area contributed by atoms with Gasteiger partial charge in [0.05, 0.1) is 5.92 Å². The lowest BCUT2D eigenvalue weighted by Gasteiger charge is -2.33. The Balaban J connectivity index is 2.39. The first-order chi connectivity index (χ1) is 7.84. The molecule has 0 saturated heterocycles. The first-order valence-electron chi connectivity index (χ1n) is 6.33. The fourth-order valence-corrected chi connectivity index (χ4v) is 2.52. The van der Waals surface area contributed by atoms with E-state index in [1.807, 2.05) is 6.92 Å². The van der Waals surface area contributed by atoms with Gasteiger partial charge in [-0.3, -0.25) is 0 Å². The summed E-state index contributed by atoms with van der Waals surface area (Å²) in [5, 5.41) is 0. The number of nitrogens with two attached hydrogens (primary N) is 1. The second-order valence-electron chi connectivity index (χ2n) is 5.12. The van der Waals surface area contributed by atoms with Gasteiger partial charge in [0, 0.05) is 6.04 Å². The highest BCUT2D eigenvalue weighted by atomic mass is 19.4. The van der Waals surface area contributed by atoms with Crippen molar-refractivity contribution in [1.82, 2.24) is 0 Å². The zero-order valence-electron chi connectivity index (χ0n) is 10.4. The minimum atomic E-state index is -4.03. The quantitative estimate of drug-likeness (QED) is 0.748. The van der Waals surface area contributed by atoms with Gasteiger partial charge in [-0.05, 0) is 44.4 Å². The van der Waals surface area contributed by atoms with Gasteiger partial charge in [-0.15, -0.1) is 0 Å². The average molecular weight is 249 g/mol. The summed E-state index contributed by atoms with van der Waals surface area (Å²) in [4.78, 5) is 0. The molecule has 1 nitrogen and oxygen atoms in total. The first-order valence-corrected chi connectivity index (χ1v) is 6.33. The van der Waals surface area contributed by atoms with Gasteiger partial charge in [-0.2, -0.15) is 13.2 Å². The summed E-state index contributed by atoms with van der Waals surface area (Å²) in [7, 11) is 0. The number of hydrogen-bond acceptors (Lipinski definition) is 1. The molecule has 0 heterocycles. The zero-order valence-corrected chi connectivity index (χ0v) is 10.4. The Morgan fingerprint density at radius 1 is 1.29 bits per heavy atom. The van der Waals surface area contributed by atoms with Gasteiger partial charge in [-0.1, -0.05) is 19.1 Å². The molecule has 1 saturated carbocycles. The molecule has 0 radical (unpaired) electrons. The van der Waals surface area contributed by atoms with Crippen LogP contribution in [0, 0.1) is 11.8 Å². The van der Waals surface area contributed by atoms with Gasteiger partial charge in [-0.25, -0.2) is 0 Å². The lowest BCUT2D eigenvalue weighted by Crippen LogP contribution is -2.36. The number of hydrogen-bond donors (Lipinski definition) is 1. The molecule has 0 aromatic carbocycles. The van der Waals surface area contributed by atoms with E-state index in [1.165, 1.54) is 0 Å². The van der Waals surface area contributed by atoms with Crippen LogP contribution in [0.25, 0.3) is 0 Å². The van der Waals surface area contributed by atoms with Gasteiger partial charge in [0.15, 0.2) is 0 Å². The third kappa shape index (κ3) is 4.34. The smallest absolute Gasteiger partial charge is 0.327 e. The Morgan fingerprint density at radius 3 is 2.24 bits per heavy atom. The van der Waals surface area contributed by atoms with Crippen LogP contribution in [0.1, 0.15) is 45.4 Å². The topological polar surface area (TPSA) is 26.0 Å². The average Bonchev–Trinajstić information content (AvgIpc) is 2.27. The van der Waals surface area contributed by atoms with Crippen molar-refractivity contribution in [3.8, 4) is 0 Å². The van der Waals surface area contributed by atoms with Crippen molar-refractivity contribution < 1.29 is 13.2 Å². The summed E-state index contributed by atoms with van der Waals surface area (Å²) in [5.41, 5.74) is 7.13. The summed E-state index contributed by atoms with van der Waals surface area (Å²) >= 11 is 0. The lowest BCUT2D eigenvalue weighted by molar-refractivity contribution is -0.184. The Morgan fingerprint density at radius 2 is 1.82 bits per heavy atom. The van der Waals surface area contributed by atoms with E-state index in [1.54, 1.807) is 0 Å². The normalized spacial score (nSPS) is 27.8. The minimum Gasteiger partial charge on any atom is -0.327 e. The SMILES string of the molecule is C=C(CC)CC(N)C1CCC(C(F)(F)F)CC1. The van der Waals surface area contributed by atoms with Crippen molar-refractivity contribution >= 4 is 0 Å². The fraction of sp³-hybridized carbons (Fsp3) is 0.846. The Hall–Kier alpha value is -0.510. The van der Waals surface area contributed by atoms with E-state index in [2.05, 4.69) is 6.58 Å². The molecule has 4 heteroatoms. The van der Waals surface area contributed by atoms with Gasteiger partial charge in [0.2, 0.25) is 0 Å². The van der Waals surface area contributed by atoms with Crippen molar-refractivity contribution in [2.24, 2.45) is 17.6 Å². The molecule has 0 aromatic heterocycles. The second kappa shape index (κ2) is 5.89. The molecule has 1 rings (SSSR count). The van der Waals surface area contributed by atoms with E-state index in [4.69, 9.17) is 5.73 Å². The zero-order chi connectivity index (χ0) is 13.1. The Bertz CT molecular complexity index is 252. The largest absolute Gasteiger partial charge is 0.391 e. The van der Waals surface area contributed by atoms with E-state index in [9.17, 15) is 13.2 Å². The first kappa shape index (κ1) is 14.6. The Labute approximate surface area is 101 Å². The predicted molar refractivity (Wildman–Crippen MR) is 63.5 cm³/mol. The third-order valence-electron chi connectivity index (χ3n) is 3.86. The molecule has 1 atom stereocenters. The highest BCUT2D eigenvalue weighted by Gasteiger charge is 2.42. The minimum absolute atomic E-state index is 0.0170. The maximum atomic E-state index is 12.5. The predicted octanol–water partition coefficient (Wildman–Crippen LogP) is 4.04.